The van der Waals surface area contributed by atoms with E-state index in [1.165, 1.54) is 36.5 Å². The van der Waals surface area contributed by atoms with Gasteiger partial charge in [-0.2, -0.15) is 8.42 Å². The molecule has 0 aliphatic rings. The van der Waals surface area contributed by atoms with Gasteiger partial charge in [0.15, 0.2) is 5.75 Å². The molecule has 0 fully saturated rings. The van der Waals surface area contributed by atoms with Crippen molar-refractivity contribution in [2.45, 2.75) is 18.7 Å². The van der Waals surface area contributed by atoms with E-state index in [4.69, 9.17) is 27.4 Å². The Morgan fingerprint density at radius 3 is 2.25 bits per heavy atom. The second-order valence-electron chi connectivity index (χ2n) is 6.22. The van der Waals surface area contributed by atoms with Crippen LogP contribution in [0.15, 0.2) is 70.6 Å². The van der Waals surface area contributed by atoms with E-state index in [1.54, 1.807) is 12.1 Å². The van der Waals surface area contributed by atoms with E-state index in [0.29, 0.717) is 15.6 Å². The normalized spacial score (nSPS) is 11.7. The minimum Gasteiger partial charge on any atom is -0.378 e. The number of rotatable bonds is 5. The molecule has 0 N–H and O–H groups in total. The number of hydrogen-bond acceptors (Lipinski definition) is 4. The van der Waals surface area contributed by atoms with Crippen molar-refractivity contribution in [2.75, 3.05) is 0 Å². The van der Waals surface area contributed by atoms with E-state index in [2.05, 4.69) is 4.99 Å². The van der Waals surface area contributed by atoms with E-state index in [0.717, 1.165) is 16.8 Å². The maximum Gasteiger partial charge on any atom is 0.339 e. The van der Waals surface area contributed by atoms with E-state index >= 15 is 0 Å². The predicted molar refractivity (Wildman–Crippen MR) is 114 cm³/mol. The van der Waals surface area contributed by atoms with Gasteiger partial charge >= 0.3 is 10.1 Å². The molecule has 4 nitrogen and oxygen atoms in total. The Hall–Kier alpha value is -2.34. The molecule has 28 heavy (non-hydrogen) atoms. The summed E-state index contributed by atoms with van der Waals surface area (Å²) in [4.78, 5) is 4.46. The van der Waals surface area contributed by atoms with Crippen molar-refractivity contribution in [1.82, 2.24) is 0 Å². The van der Waals surface area contributed by atoms with Crippen LogP contribution in [0.25, 0.3) is 0 Å². The zero-order chi connectivity index (χ0) is 20.3. The first-order valence-electron chi connectivity index (χ1n) is 8.35. The lowest BCUT2D eigenvalue weighted by molar-refractivity contribution is 0.485. The summed E-state index contributed by atoms with van der Waals surface area (Å²) < 4.78 is 30.5. The van der Waals surface area contributed by atoms with Crippen LogP contribution in [-0.2, 0) is 10.1 Å². The van der Waals surface area contributed by atoms with E-state index in [-0.39, 0.29) is 10.6 Å². The third-order valence-corrected chi connectivity index (χ3v) is 5.70. The number of nitrogens with zero attached hydrogens (tertiary/aromatic N) is 1. The first kappa shape index (κ1) is 20.4. The SMILES string of the molecule is Cc1ccc(N=Cc2cc(Cl)ccc2OS(=O)(=O)c2ccc(Cl)cc2)c(C)c1. The molecule has 3 aromatic carbocycles. The molecule has 0 atom stereocenters. The number of hydrogen-bond donors (Lipinski definition) is 0. The van der Waals surface area contributed by atoms with Gasteiger partial charge in [0.2, 0.25) is 0 Å². The maximum atomic E-state index is 12.6. The largest absolute Gasteiger partial charge is 0.378 e. The second kappa shape index (κ2) is 8.35. The summed E-state index contributed by atoms with van der Waals surface area (Å²) in [5.41, 5.74) is 3.37. The fraction of sp³-hybridized carbons (Fsp3) is 0.0952. The highest BCUT2D eigenvalue weighted by Gasteiger charge is 2.18. The summed E-state index contributed by atoms with van der Waals surface area (Å²) in [6.07, 6.45) is 1.54. The topological polar surface area (TPSA) is 55.7 Å². The lowest BCUT2D eigenvalue weighted by Crippen LogP contribution is -2.10. The highest BCUT2D eigenvalue weighted by molar-refractivity contribution is 7.87. The van der Waals surface area contributed by atoms with Gasteiger partial charge in [0.25, 0.3) is 0 Å². The van der Waals surface area contributed by atoms with Gasteiger partial charge in [-0.3, -0.25) is 4.99 Å². The molecule has 0 unspecified atom stereocenters. The molecule has 0 spiro atoms. The summed E-state index contributed by atoms with van der Waals surface area (Å²) in [7, 11) is -4.03. The van der Waals surface area contributed by atoms with Gasteiger partial charge in [-0.25, -0.2) is 0 Å². The van der Waals surface area contributed by atoms with Gasteiger partial charge in [-0.15, -0.1) is 0 Å². The Balaban J connectivity index is 1.94. The summed E-state index contributed by atoms with van der Waals surface area (Å²) in [6, 6.07) is 16.3. The number of aliphatic imine (C=N–C) groups is 1. The fourth-order valence-corrected chi connectivity index (χ4v) is 3.81. The first-order valence-corrected chi connectivity index (χ1v) is 10.5. The molecule has 0 aliphatic carbocycles. The Kier molecular flexibility index (Phi) is 6.08. The average Bonchev–Trinajstić information content (AvgIpc) is 2.63. The van der Waals surface area contributed by atoms with Crippen LogP contribution in [-0.4, -0.2) is 14.6 Å². The Morgan fingerprint density at radius 2 is 1.57 bits per heavy atom. The average molecular weight is 434 g/mol. The summed E-state index contributed by atoms with van der Waals surface area (Å²) in [6.45, 7) is 3.96. The van der Waals surface area contributed by atoms with Crippen LogP contribution in [0.4, 0.5) is 5.69 Å². The van der Waals surface area contributed by atoms with Gasteiger partial charge in [-0.1, -0.05) is 40.9 Å². The molecule has 0 saturated heterocycles. The van der Waals surface area contributed by atoms with Crippen LogP contribution >= 0.6 is 23.2 Å². The Bertz CT molecular complexity index is 1140. The Labute approximate surface area is 174 Å². The molecular formula is C21H17Cl2NO3S. The quantitative estimate of drug-likeness (QED) is 0.359. The molecular weight excluding hydrogens is 417 g/mol. The van der Waals surface area contributed by atoms with Crippen LogP contribution in [0.2, 0.25) is 10.0 Å². The molecule has 0 bridgehead atoms. The van der Waals surface area contributed by atoms with Gasteiger partial charge in [0.1, 0.15) is 4.90 Å². The molecule has 0 aromatic heterocycles. The molecule has 0 aliphatic heterocycles. The Morgan fingerprint density at radius 1 is 0.893 bits per heavy atom. The minimum absolute atomic E-state index is 0.00381. The molecule has 7 heteroatoms. The second-order valence-corrected chi connectivity index (χ2v) is 8.64. The third-order valence-electron chi connectivity index (χ3n) is 3.97. The number of halogens is 2. The third kappa shape index (κ3) is 4.93. The number of benzene rings is 3. The standard InChI is InChI=1S/C21H17Cl2NO3S/c1-14-3-9-20(15(2)11-14)24-13-16-12-18(23)6-10-21(16)27-28(25,26)19-7-4-17(22)5-8-19/h3-13H,1-2H3. The zero-order valence-electron chi connectivity index (χ0n) is 15.2. The van der Waals surface area contributed by atoms with Crippen molar-refractivity contribution in [2.24, 2.45) is 4.99 Å². The summed E-state index contributed by atoms with van der Waals surface area (Å²) in [5, 5.41) is 0.880. The molecule has 3 aromatic rings. The van der Waals surface area contributed by atoms with Crippen molar-refractivity contribution in [3.63, 3.8) is 0 Å². The molecule has 144 valence electrons. The van der Waals surface area contributed by atoms with Crippen molar-refractivity contribution in [3.05, 3.63) is 87.4 Å². The monoisotopic (exact) mass is 433 g/mol. The highest BCUT2D eigenvalue weighted by atomic mass is 35.5. The van der Waals surface area contributed by atoms with E-state index in [1.807, 2.05) is 32.0 Å². The van der Waals surface area contributed by atoms with Crippen molar-refractivity contribution < 1.29 is 12.6 Å². The van der Waals surface area contributed by atoms with Gasteiger partial charge in [0, 0.05) is 21.8 Å². The van der Waals surface area contributed by atoms with Crippen molar-refractivity contribution in [1.29, 1.82) is 0 Å². The van der Waals surface area contributed by atoms with Crippen LogP contribution in [0.1, 0.15) is 16.7 Å². The molecule has 0 radical (unpaired) electrons. The van der Waals surface area contributed by atoms with Crippen LogP contribution in [0.3, 0.4) is 0 Å². The van der Waals surface area contributed by atoms with Gasteiger partial charge in [0.05, 0.1) is 5.69 Å². The highest BCUT2D eigenvalue weighted by Crippen LogP contribution is 2.27. The fourth-order valence-electron chi connectivity index (χ4n) is 2.55. The van der Waals surface area contributed by atoms with Crippen LogP contribution in [0, 0.1) is 13.8 Å². The minimum atomic E-state index is -4.03. The molecule has 0 saturated carbocycles. The summed E-state index contributed by atoms with van der Waals surface area (Å²) >= 11 is 11.9. The number of aryl methyl sites for hydroxylation is 2. The maximum absolute atomic E-state index is 12.6. The van der Waals surface area contributed by atoms with Crippen LogP contribution < -0.4 is 4.18 Å². The van der Waals surface area contributed by atoms with E-state index in [9.17, 15) is 8.42 Å². The van der Waals surface area contributed by atoms with Crippen LogP contribution in [0.5, 0.6) is 5.75 Å². The molecule has 0 heterocycles. The molecule has 0 amide bonds. The predicted octanol–water partition coefficient (Wildman–Crippen LogP) is 6.13. The van der Waals surface area contributed by atoms with Crippen molar-refractivity contribution in [3.8, 4) is 5.75 Å². The van der Waals surface area contributed by atoms with Gasteiger partial charge < -0.3 is 4.18 Å². The molecule has 3 rings (SSSR count). The van der Waals surface area contributed by atoms with Gasteiger partial charge in [-0.05, 0) is 67.9 Å². The van der Waals surface area contributed by atoms with E-state index < -0.39 is 10.1 Å². The summed E-state index contributed by atoms with van der Waals surface area (Å²) in [5.74, 6) is 0.132. The smallest absolute Gasteiger partial charge is 0.339 e. The first-order chi connectivity index (χ1) is 13.2. The zero-order valence-corrected chi connectivity index (χ0v) is 17.5. The lowest BCUT2D eigenvalue weighted by Gasteiger charge is -2.10. The van der Waals surface area contributed by atoms with Crippen molar-refractivity contribution >= 4 is 45.2 Å². The lowest BCUT2D eigenvalue weighted by atomic mass is 10.1.